The van der Waals surface area contributed by atoms with Crippen molar-refractivity contribution in [3.05, 3.63) is 65.2 Å². The summed E-state index contributed by atoms with van der Waals surface area (Å²) in [6, 6.07) is 12.9. The van der Waals surface area contributed by atoms with Crippen molar-refractivity contribution in [1.29, 1.82) is 0 Å². The van der Waals surface area contributed by atoms with Crippen LogP contribution in [-0.4, -0.2) is 30.4 Å². The average molecular weight is 391 g/mol. The molecule has 0 aliphatic carbocycles. The highest BCUT2D eigenvalue weighted by molar-refractivity contribution is 5.80. The molecule has 0 bridgehead atoms. The second kappa shape index (κ2) is 9.10. The van der Waals surface area contributed by atoms with Crippen LogP contribution in [0.4, 0.5) is 18.9 Å². The molecule has 28 heavy (non-hydrogen) atoms. The molecule has 1 aliphatic heterocycles. The van der Waals surface area contributed by atoms with Gasteiger partial charge >= 0.3 is 6.18 Å². The molecule has 1 heterocycles. The van der Waals surface area contributed by atoms with Crippen LogP contribution in [0, 0.1) is 0 Å². The largest absolute Gasteiger partial charge is 0.416 e. The van der Waals surface area contributed by atoms with Crippen LogP contribution in [-0.2, 0) is 24.1 Å². The van der Waals surface area contributed by atoms with E-state index in [0.29, 0.717) is 6.54 Å². The van der Waals surface area contributed by atoms with E-state index in [1.165, 1.54) is 30.5 Å². The molecule has 0 aromatic heterocycles. The average Bonchev–Trinajstić information content (AvgIpc) is 3.18. The zero-order chi connectivity index (χ0) is 20.0. The number of benzene rings is 2. The maximum Gasteiger partial charge on any atom is 0.416 e. The molecule has 2 N–H and O–H groups in total. The first kappa shape index (κ1) is 20.2. The SMILES string of the molecule is O=C(CNc1cccc(C(F)(F)F)c1)NCc1ccc(CN2CCCC2)cc1. The smallest absolute Gasteiger partial charge is 0.376 e. The van der Waals surface area contributed by atoms with Crippen LogP contribution < -0.4 is 10.6 Å². The van der Waals surface area contributed by atoms with E-state index in [9.17, 15) is 18.0 Å². The van der Waals surface area contributed by atoms with Crippen molar-refractivity contribution in [1.82, 2.24) is 10.2 Å². The van der Waals surface area contributed by atoms with Gasteiger partial charge in [-0.15, -0.1) is 0 Å². The molecule has 1 aliphatic rings. The number of nitrogens with zero attached hydrogens (tertiary/aromatic N) is 1. The van der Waals surface area contributed by atoms with Gasteiger partial charge in [0.05, 0.1) is 12.1 Å². The molecular weight excluding hydrogens is 367 g/mol. The zero-order valence-electron chi connectivity index (χ0n) is 15.6. The van der Waals surface area contributed by atoms with Gasteiger partial charge in [0.2, 0.25) is 5.91 Å². The highest BCUT2D eigenvalue weighted by Crippen LogP contribution is 2.30. The Balaban J connectivity index is 1.43. The molecule has 1 saturated heterocycles. The van der Waals surface area contributed by atoms with Gasteiger partial charge in [0.25, 0.3) is 0 Å². The van der Waals surface area contributed by atoms with Gasteiger partial charge in [-0.1, -0.05) is 30.3 Å². The van der Waals surface area contributed by atoms with E-state index >= 15 is 0 Å². The number of likely N-dealkylation sites (tertiary alicyclic amines) is 1. The van der Waals surface area contributed by atoms with E-state index < -0.39 is 11.7 Å². The number of nitrogens with one attached hydrogen (secondary N) is 2. The Bertz CT molecular complexity index is 784. The summed E-state index contributed by atoms with van der Waals surface area (Å²) in [5.41, 5.74) is 1.75. The lowest BCUT2D eigenvalue weighted by molar-refractivity contribution is -0.137. The Morgan fingerprint density at radius 1 is 1.00 bits per heavy atom. The van der Waals surface area contributed by atoms with Crippen LogP contribution in [0.25, 0.3) is 0 Å². The third-order valence-electron chi connectivity index (χ3n) is 4.76. The van der Waals surface area contributed by atoms with E-state index in [4.69, 9.17) is 0 Å². The van der Waals surface area contributed by atoms with E-state index in [0.717, 1.165) is 37.3 Å². The van der Waals surface area contributed by atoms with Crippen LogP contribution >= 0.6 is 0 Å². The Morgan fingerprint density at radius 3 is 2.36 bits per heavy atom. The topological polar surface area (TPSA) is 44.4 Å². The summed E-state index contributed by atoms with van der Waals surface area (Å²) in [5, 5.41) is 5.50. The predicted octanol–water partition coefficient (Wildman–Crippen LogP) is 4.03. The van der Waals surface area contributed by atoms with Gasteiger partial charge in [-0.2, -0.15) is 13.2 Å². The van der Waals surface area contributed by atoms with Gasteiger partial charge in [0.15, 0.2) is 0 Å². The first-order valence-electron chi connectivity index (χ1n) is 9.38. The third-order valence-corrected chi connectivity index (χ3v) is 4.76. The zero-order valence-corrected chi connectivity index (χ0v) is 15.6. The number of hydrogen-bond donors (Lipinski definition) is 2. The van der Waals surface area contributed by atoms with Crippen molar-refractivity contribution in [3.8, 4) is 0 Å². The van der Waals surface area contributed by atoms with Crippen molar-refractivity contribution >= 4 is 11.6 Å². The minimum atomic E-state index is -4.40. The fraction of sp³-hybridized carbons (Fsp3) is 0.381. The summed E-state index contributed by atoms with van der Waals surface area (Å²) >= 11 is 0. The van der Waals surface area contributed by atoms with Gasteiger partial charge in [-0.25, -0.2) is 0 Å². The van der Waals surface area contributed by atoms with Crippen LogP contribution in [0.5, 0.6) is 0 Å². The normalized spacial score (nSPS) is 14.8. The van der Waals surface area contributed by atoms with E-state index in [1.54, 1.807) is 0 Å². The summed E-state index contributed by atoms with van der Waals surface area (Å²) in [4.78, 5) is 14.4. The number of rotatable bonds is 7. The molecule has 1 fully saturated rings. The molecule has 3 rings (SSSR count). The lowest BCUT2D eigenvalue weighted by Gasteiger charge is -2.15. The molecule has 1 amide bonds. The van der Waals surface area contributed by atoms with Crippen molar-refractivity contribution in [2.24, 2.45) is 0 Å². The molecule has 0 radical (unpaired) electrons. The molecule has 4 nitrogen and oxygen atoms in total. The molecule has 2 aromatic rings. The van der Waals surface area contributed by atoms with E-state index in [1.807, 2.05) is 12.1 Å². The summed E-state index contributed by atoms with van der Waals surface area (Å²) in [5.74, 6) is -0.279. The first-order chi connectivity index (χ1) is 13.4. The molecule has 0 unspecified atom stereocenters. The number of carbonyl (C=O) groups is 1. The maximum atomic E-state index is 12.7. The summed E-state index contributed by atoms with van der Waals surface area (Å²) < 4.78 is 38.1. The Labute approximate surface area is 162 Å². The minimum absolute atomic E-state index is 0.0889. The number of anilines is 1. The Morgan fingerprint density at radius 2 is 1.68 bits per heavy atom. The van der Waals surface area contributed by atoms with Crippen LogP contribution in [0.1, 0.15) is 29.5 Å². The lowest BCUT2D eigenvalue weighted by atomic mass is 10.1. The van der Waals surface area contributed by atoms with Crippen molar-refractivity contribution in [2.75, 3.05) is 25.0 Å². The van der Waals surface area contributed by atoms with Gasteiger partial charge in [-0.05, 0) is 55.3 Å². The molecule has 2 aromatic carbocycles. The summed E-state index contributed by atoms with van der Waals surface area (Å²) in [7, 11) is 0. The minimum Gasteiger partial charge on any atom is -0.376 e. The fourth-order valence-electron chi connectivity index (χ4n) is 3.21. The second-order valence-electron chi connectivity index (χ2n) is 7.01. The first-order valence-corrected chi connectivity index (χ1v) is 9.38. The third kappa shape index (κ3) is 5.99. The van der Waals surface area contributed by atoms with Crippen LogP contribution in [0.2, 0.25) is 0 Å². The number of hydrogen-bond acceptors (Lipinski definition) is 3. The molecule has 7 heteroatoms. The monoisotopic (exact) mass is 391 g/mol. The Hall–Kier alpha value is -2.54. The summed E-state index contributed by atoms with van der Waals surface area (Å²) in [6.07, 6.45) is -1.88. The highest BCUT2D eigenvalue weighted by atomic mass is 19.4. The van der Waals surface area contributed by atoms with Crippen molar-refractivity contribution in [3.63, 3.8) is 0 Å². The van der Waals surface area contributed by atoms with Crippen molar-refractivity contribution < 1.29 is 18.0 Å². The molecule has 0 saturated carbocycles. The lowest BCUT2D eigenvalue weighted by Crippen LogP contribution is -2.29. The van der Waals surface area contributed by atoms with Gasteiger partial charge in [0.1, 0.15) is 0 Å². The van der Waals surface area contributed by atoms with Crippen LogP contribution in [0.15, 0.2) is 48.5 Å². The molecular formula is C21H24F3N3O. The van der Waals surface area contributed by atoms with Gasteiger partial charge < -0.3 is 10.6 Å². The maximum absolute atomic E-state index is 12.7. The second-order valence-corrected chi connectivity index (χ2v) is 7.01. The summed E-state index contributed by atoms with van der Waals surface area (Å²) in [6.45, 7) is 3.54. The van der Waals surface area contributed by atoms with Crippen molar-refractivity contribution in [2.45, 2.75) is 32.1 Å². The van der Waals surface area contributed by atoms with Gasteiger partial charge in [-0.3, -0.25) is 9.69 Å². The predicted molar refractivity (Wildman–Crippen MR) is 103 cm³/mol. The van der Waals surface area contributed by atoms with E-state index in [2.05, 4.69) is 27.7 Å². The Kier molecular flexibility index (Phi) is 6.57. The highest BCUT2D eigenvalue weighted by Gasteiger charge is 2.30. The quantitative estimate of drug-likeness (QED) is 0.749. The van der Waals surface area contributed by atoms with Gasteiger partial charge in [0, 0.05) is 18.8 Å². The molecule has 0 spiro atoms. The molecule has 150 valence electrons. The number of carbonyl (C=O) groups excluding carboxylic acids is 1. The number of amides is 1. The van der Waals surface area contributed by atoms with E-state index in [-0.39, 0.29) is 18.1 Å². The number of alkyl halides is 3. The number of halogens is 3. The standard InChI is InChI=1S/C21H24F3N3O/c22-21(23,24)18-4-3-5-19(12-18)25-14-20(28)26-13-16-6-8-17(9-7-16)15-27-10-1-2-11-27/h3-9,12,25H,1-2,10-11,13-15H2,(H,26,28). The fourth-order valence-corrected chi connectivity index (χ4v) is 3.21. The molecule has 0 atom stereocenters. The van der Waals surface area contributed by atoms with Crippen LogP contribution in [0.3, 0.4) is 0 Å².